The van der Waals surface area contributed by atoms with Crippen LogP contribution in [-0.4, -0.2) is 70.9 Å². The van der Waals surface area contributed by atoms with E-state index in [0.717, 1.165) is 56.1 Å². The fourth-order valence-corrected chi connectivity index (χ4v) is 4.79. The number of thiazole rings is 1. The quantitative estimate of drug-likeness (QED) is 0.651. The molecule has 1 aromatic heterocycles. The maximum absolute atomic E-state index is 12.7. The molecule has 0 radical (unpaired) electrons. The van der Waals surface area contributed by atoms with E-state index in [9.17, 15) is 18.0 Å². The van der Waals surface area contributed by atoms with Gasteiger partial charge in [0, 0.05) is 13.1 Å². The minimum absolute atomic E-state index is 0.00619. The number of carbonyl (C=O) groups is 2. The van der Waals surface area contributed by atoms with Crippen LogP contribution >= 0.6 is 11.3 Å². The first-order valence-corrected chi connectivity index (χ1v) is 12.0. The molecule has 2 atom stereocenters. The Kier molecular flexibility index (Phi) is 9.29. The lowest BCUT2D eigenvalue weighted by molar-refractivity contribution is -0.192. The van der Waals surface area contributed by atoms with E-state index in [1.807, 2.05) is 6.92 Å². The highest BCUT2D eigenvalue weighted by atomic mass is 32.1. The number of aliphatic carboxylic acids is 1. The number of aryl methyl sites for hydroxylation is 1. The van der Waals surface area contributed by atoms with Gasteiger partial charge in [0.05, 0.1) is 23.9 Å². The van der Waals surface area contributed by atoms with E-state index in [-0.39, 0.29) is 17.6 Å². The van der Waals surface area contributed by atoms with Gasteiger partial charge < -0.3 is 15.2 Å². The molecule has 7 nitrogen and oxygen atoms in total. The second-order valence-electron chi connectivity index (χ2n) is 9.84. The van der Waals surface area contributed by atoms with Crippen molar-refractivity contribution in [2.75, 3.05) is 26.2 Å². The lowest BCUT2D eigenvalue weighted by atomic mass is 9.78. The molecule has 1 saturated carbocycles. The van der Waals surface area contributed by atoms with Crippen LogP contribution in [0.3, 0.4) is 0 Å². The number of hydrogen-bond acceptors (Lipinski definition) is 6. The predicted molar refractivity (Wildman–Crippen MR) is 119 cm³/mol. The first kappa shape index (κ1) is 27.5. The zero-order valence-corrected chi connectivity index (χ0v) is 20.4. The summed E-state index contributed by atoms with van der Waals surface area (Å²) < 4.78 is 38.1. The SMILES string of the molecule is Cc1ncsc1C(=O)NC1CCCCC12CN(CCC(C)(C)C)CCO2.O=C(O)C(F)(F)F. The summed E-state index contributed by atoms with van der Waals surface area (Å²) in [6.45, 7) is 12.6. The van der Waals surface area contributed by atoms with E-state index in [0.29, 0.717) is 5.41 Å². The molecule has 1 aromatic rings. The van der Waals surface area contributed by atoms with Gasteiger partial charge in [-0.25, -0.2) is 9.78 Å². The number of ether oxygens (including phenoxy) is 1. The molecule has 1 spiro atoms. The van der Waals surface area contributed by atoms with Crippen molar-refractivity contribution in [1.82, 2.24) is 15.2 Å². The number of aromatic nitrogens is 1. The van der Waals surface area contributed by atoms with Crippen LogP contribution in [0.15, 0.2) is 5.51 Å². The van der Waals surface area contributed by atoms with Crippen molar-refractivity contribution in [3.8, 4) is 0 Å². The number of amides is 1. The third kappa shape index (κ3) is 8.22. The van der Waals surface area contributed by atoms with Crippen molar-refractivity contribution < 1.29 is 32.6 Å². The molecular formula is C22H34F3N3O4S. The van der Waals surface area contributed by atoms with Crippen LogP contribution in [0, 0.1) is 12.3 Å². The Bertz CT molecular complexity index is 806. The molecule has 3 rings (SSSR count). The monoisotopic (exact) mass is 493 g/mol. The normalized spacial score (nSPS) is 24.2. The topological polar surface area (TPSA) is 91.8 Å². The largest absolute Gasteiger partial charge is 0.490 e. The summed E-state index contributed by atoms with van der Waals surface area (Å²) in [6, 6.07) is 0.0858. The molecule has 2 unspecified atom stereocenters. The Balaban J connectivity index is 0.000000479. The minimum Gasteiger partial charge on any atom is -0.475 e. The molecule has 2 aliphatic rings. The molecule has 11 heteroatoms. The molecule has 33 heavy (non-hydrogen) atoms. The van der Waals surface area contributed by atoms with Crippen molar-refractivity contribution in [3.63, 3.8) is 0 Å². The number of carbonyl (C=O) groups excluding carboxylic acids is 1. The zero-order valence-electron chi connectivity index (χ0n) is 19.6. The molecule has 2 N–H and O–H groups in total. The summed E-state index contributed by atoms with van der Waals surface area (Å²) in [7, 11) is 0. The summed E-state index contributed by atoms with van der Waals surface area (Å²) >= 11 is 1.42. The van der Waals surface area contributed by atoms with E-state index < -0.39 is 12.1 Å². The van der Waals surface area contributed by atoms with Gasteiger partial charge in [0.2, 0.25) is 0 Å². The minimum atomic E-state index is -5.08. The number of hydrogen-bond donors (Lipinski definition) is 2. The van der Waals surface area contributed by atoms with Crippen LogP contribution in [0.4, 0.5) is 13.2 Å². The molecule has 1 aliphatic heterocycles. The molecule has 0 bridgehead atoms. The Morgan fingerprint density at radius 3 is 2.55 bits per heavy atom. The fourth-order valence-electron chi connectivity index (χ4n) is 4.08. The van der Waals surface area contributed by atoms with Gasteiger partial charge in [0.25, 0.3) is 5.91 Å². The van der Waals surface area contributed by atoms with Crippen LogP contribution in [0.2, 0.25) is 0 Å². The van der Waals surface area contributed by atoms with Gasteiger partial charge in [0.15, 0.2) is 0 Å². The molecule has 1 saturated heterocycles. The number of nitrogens with zero attached hydrogens (tertiary/aromatic N) is 2. The number of nitrogens with one attached hydrogen (secondary N) is 1. The van der Waals surface area contributed by atoms with E-state index in [1.165, 1.54) is 24.2 Å². The zero-order chi connectivity index (χ0) is 24.9. The summed E-state index contributed by atoms with van der Waals surface area (Å²) in [6.07, 6.45) is 0.460. The average molecular weight is 494 g/mol. The van der Waals surface area contributed by atoms with E-state index in [4.69, 9.17) is 14.6 Å². The average Bonchev–Trinajstić information content (AvgIpc) is 3.14. The molecule has 1 amide bonds. The fraction of sp³-hybridized carbons (Fsp3) is 0.773. The van der Waals surface area contributed by atoms with Gasteiger partial charge in [-0.2, -0.15) is 13.2 Å². The van der Waals surface area contributed by atoms with Gasteiger partial charge in [-0.05, 0) is 38.1 Å². The van der Waals surface area contributed by atoms with E-state index in [1.54, 1.807) is 5.51 Å². The third-order valence-corrected chi connectivity index (χ3v) is 6.87. The van der Waals surface area contributed by atoms with Crippen LogP contribution < -0.4 is 5.32 Å². The first-order valence-electron chi connectivity index (χ1n) is 11.1. The van der Waals surface area contributed by atoms with Gasteiger partial charge >= 0.3 is 12.1 Å². The number of carboxylic acids is 1. The molecule has 2 fully saturated rings. The predicted octanol–water partition coefficient (Wildman–Crippen LogP) is 4.26. The maximum atomic E-state index is 12.7. The highest BCUT2D eigenvalue weighted by Gasteiger charge is 2.46. The second kappa shape index (κ2) is 11.1. The Labute approximate surface area is 196 Å². The van der Waals surface area contributed by atoms with Crippen LogP contribution in [-0.2, 0) is 9.53 Å². The van der Waals surface area contributed by atoms with Crippen molar-refractivity contribution in [2.45, 2.75) is 77.6 Å². The summed E-state index contributed by atoms with van der Waals surface area (Å²) in [4.78, 5) is 29.1. The van der Waals surface area contributed by atoms with Gasteiger partial charge in [-0.3, -0.25) is 9.69 Å². The molecule has 1 aliphatic carbocycles. The van der Waals surface area contributed by atoms with Crippen LogP contribution in [0.25, 0.3) is 0 Å². The molecular weight excluding hydrogens is 459 g/mol. The number of morpholine rings is 1. The van der Waals surface area contributed by atoms with E-state index >= 15 is 0 Å². The maximum Gasteiger partial charge on any atom is 0.490 e. The Hall–Kier alpha value is -1.72. The van der Waals surface area contributed by atoms with Gasteiger partial charge in [-0.15, -0.1) is 11.3 Å². The van der Waals surface area contributed by atoms with Gasteiger partial charge in [0.1, 0.15) is 10.5 Å². The number of alkyl halides is 3. The standard InChI is InChI=1S/C20H33N3O2S.C2HF3O2/c1-15-17(26-14-21-15)18(24)22-16-7-5-6-8-20(16)13-23(11-12-25-20)10-9-19(2,3)4;3-2(4,5)1(6)7/h14,16H,5-13H2,1-4H3,(H,22,24);(H,6,7). The number of carboxylic acid groups (broad SMARTS) is 1. The van der Waals surface area contributed by atoms with E-state index in [2.05, 4.69) is 36.0 Å². The van der Waals surface area contributed by atoms with Crippen LogP contribution in [0.5, 0.6) is 0 Å². The highest BCUT2D eigenvalue weighted by Crippen LogP contribution is 2.36. The van der Waals surface area contributed by atoms with Crippen molar-refractivity contribution in [3.05, 3.63) is 16.1 Å². The lowest BCUT2D eigenvalue weighted by Crippen LogP contribution is -2.64. The lowest BCUT2D eigenvalue weighted by Gasteiger charge is -2.50. The van der Waals surface area contributed by atoms with Crippen molar-refractivity contribution >= 4 is 23.2 Å². The highest BCUT2D eigenvalue weighted by molar-refractivity contribution is 7.11. The van der Waals surface area contributed by atoms with Crippen molar-refractivity contribution in [2.24, 2.45) is 5.41 Å². The summed E-state index contributed by atoms with van der Waals surface area (Å²) in [5.41, 5.74) is 2.67. The number of halogens is 3. The smallest absolute Gasteiger partial charge is 0.475 e. The van der Waals surface area contributed by atoms with Crippen LogP contribution in [0.1, 0.15) is 68.2 Å². The third-order valence-electron chi connectivity index (χ3n) is 5.94. The molecule has 188 valence electrons. The first-order chi connectivity index (χ1) is 15.2. The molecule has 2 heterocycles. The van der Waals surface area contributed by atoms with Crippen molar-refractivity contribution in [1.29, 1.82) is 0 Å². The van der Waals surface area contributed by atoms with Gasteiger partial charge in [-0.1, -0.05) is 33.6 Å². The Morgan fingerprint density at radius 2 is 2.00 bits per heavy atom. The second-order valence-corrected chi connectivity index (χ2v) is 10.7. The number of rotatable bonds is 4. The summed E-state index contributed by atoms with van der Waals surface area (Å²) in [5.74, 6) is -2.75. The summed E-state index contributed by atoms with van der Waals surface area (Å²) in [5, 5.41) is 10.4. The molecule has 0 aromatic carbocycles. The Morgan fingerprint density at radius 1 is 1.33 bits per heavy atom.